The Hall–Kier alpha value is -0.730. The Labute approximate surface area is 159 Å². The van der Waals surface area contributed by atoms with E-state index in [1.54, 1.807) is 0 Å². The summed E-state index contributed by atoms with van der Waals surface area (Å²) >= 11 is 0. The zero-order valence-corrected chi connectivity index (χ0v) is 16.8. The number of fused-ring (bicyclic) bond motifs is 9. The van der Waals surface area contributed by atoms with Gasteiger partial charge in [-0.2, -0.15) is 0 Å². The van der Waals surface area contributed by atoms with Crippen LogP contribution in [-0.4, -0.2) is 29.7 Å². The van der Waals surface area contributed by atoms with Crippen LogP contribution in [0.2, 0.25) is 0 Å². The lowest BCUT2D eigenvalue weighted by molar-refractivity contribution is -0.0891. The molecule has 0 aromatic heterocycles. The molecule has 3 heteroatoms. The molecule has 4 bridgehead atoms. The predicted molar refractivity (Wildman–Crippen MR) is 103 cm³/mol. The van der Waals surface area contributed by atoms with Crippen molar-refractivity contribution in [2.24, 2.45) is 41.4 Å². The Balaban J connectivity index is 1.35. The maximum absolute atomic E-state index is 13.0. The van der Waals surface area contributed by atoms with Gasteiger partial charge in [0.2, 0.25) is 0 Å². The van der Waals surface area contributed by atoms with Crippen molar-refractivity contribution < 1.29 is 9.53 Å². The van der Waals surface area contributed by atoms with E-state index in [4.69, 9.17) is 4.74 Å². The molecule has 0 spiro atoms. The highest BCUT2D eigenvalue weighted by Gasteiger charge is 2.65. The number of rotatable bonds is 4. The number of ether oxygens (including phenoxy) is 1. The van der Waals surface area contributed by atoms with E-state index < -0.39 is 0 Å². The summed E-state index contributed by atoms with van der Waals surface area (Å²) in [5.41, 5.74) is -0.208. The van der Waals surface area contributed by atoms with Gasteiger partial charge in [0.25, 0.3) is 0 Å². The molecule has 5 rings (SSSR count). The molecular weight excluding hydrogens is 322 g/mol. The van der Waals surface area contributed by atoms with Gasteiger partial charge >= 0.3 is 6.09 Å². The highest BCUT2D eigenvalue weighted by atomic mass is 16.6. The van der Waals surface area contributed by atoms with Crippen LogP contribution in [0.25, 0.3) is 0 Å². The number of nitrogens with zero attached hydrogens (tertiary/aromatic N) is 1. The third-order valence-corrected chi connectivity index (χ3v) is 9.51. The number of hydrogen-bond acceptors (Lipinski definition) is 2. The molecule has 0 aromatic carbocycles. The second-order valence-corrected chi connectivity index (χ2v) is 10.2. The SMILES string of the molecule is CCC(CC)(OC(=O)N1CCCCC1)C1CC2CC1C1C3CCC(C3)C21. The third kappa shape index (κ3) is 2.41. The lowest BCUT2D eigenvalue weighted by Gasteiger charge is -2.47. The summed E-state index contributed by atoms with van der Waals surface area (Å²) in [5.74, 6) is 6.48. The van der Waals surface area contributed by atoms with Crippen LogP contribution in [0.5, 0.6) is 0 Å². The molecule has 5 fully saturated rings. The van der Waals surface area contributed by atoms with E-state index in [-0.39, 0.29) is 11.7 Å². The van der Waals surface area contributed by atoms with Crippen LogP contribution in [0.3, 0.4) is 0 Å². The molecule has 3 nitrogen and oxygen atoms in total. The third-order valence-electron chi connectivity index (χ3n) is 9.51. The standard InChI is InChI=1S/C23H37NO2/c1-3-23(4-2,26-22(25)24-10-6-5-7-11-24)19-14-17-13-18(19)21-16-9-8-15(12-16)20(17)21/h15-21H,3-14H2,1-2H3. The van der Waals surface area contributed by atoms with Crippen LogP contribution in [0.4, 0.5) is 4.79 Å². The lowest BCUT2D eigenvalue weighted by atomic mass is 9.62. The van der Waals surface area contributed by atoms with Crippen molar-refractivity contribution in [3.8, 4) is 0 Å². The van der Waals surface area contributed by atoms with E-state index >= 15 is 0 Å². The molecule has 4 saturated carbocycles. The molecule has 1 amide bonds. The molecular formula is C23H37NO2. The van der Waals surface area contributed by atoms with Gasteiger partial charge in [-0.25, -0.2) is 4.79 Å². The van der Waals surface area contributed by atoms with E-state index in [1.165, 1.54) is 38.5 Å². The average Bonchev–Trinajstić information content (AvgIpc) is 3.46. The maximum atomic E-state index is 13.0. The second kappa shape index (κ2) is 6.41. The minimum Gasteiger partial charge on any atom is -0.443 e. The molecule has 5 aliphatic rings. The Kier molecular flexibility index (Phi) is 4.29. The number of likely N-dealkylation sites (tertiary alicyclic amines) is 1. The average molecular weight is 360 g/mol. The monoisotopic (exact) mass is 359 g/mol. The largest absolute Gasteiger partial charge is 0.443 e. The quantitative estimate of drug-likeness (QED) is 0.622. The van der Waals surface area contributed by atoms with E-state index in [9.17, 15) is 4.79 Å². The number of carbonyl (C=O) groups is 1. The first kappa shape index (κ1) is 17.4. The number of carbonyl (C=O) groups excluding carboxylic acids is 1. The minimum atomic E-state index is -0.208. The summed E-state index contributed by atoms with van der Waals surface area (Å²) in [6, 6.07) is 0. The van der Waals surface area contributed by atoms with Crippen LogP contribution in [-0.2, 0) is 4.74 Å². The first-order chi connectivity index (χ1) is 12.7. The van der Waals surface area contributed by atoms with Gasteiger partial charge in [0.1, 0.15) is 5.60 Å². The Bertz CT molecular complexity index is 550. The van der Waals surface area contributed by atoms with Crippen molar-refractivity contribution in [2.75, 3.05) is 13.1 Å². The second-order valence-electron chi connectivity index (χ2n) is 10.2. The van der Waals surface area contributed by atoms with Crippen LogP contribution in [0.15, 0.2) is 0 Å². The van der Waals surface area contributed by atoms with Crippen molar-refractivity contribution in [2.45, 2.75) is 83.7 Å². The summed E-state index contributed by atoms with van der Waals surface area (Å²) in [7, 11) is 0. The topological polar surface area (TPSA) is 29.5 Å². The molecule has 1 aliphatic heterocycles. The van der Waals surface area contributed by atoms with Gasteiger partial charge in [0, 0.05) is 19.0 Å². The van der Waals surface area contributed by atoms with Crippen molar-refractivity contribution in [1.82, 2.24) is 4.90 Å². The Morgan fingerprint density at radius 2 is 1.62 bits per heavy atom. The van der Waals surface area contributed by atoms with Gasteiger partial charge in [-0.3, -0.25) is 0 Å². The van der Waals surface area contributed by atoms with Crippen LogP contribution in [0.1, 0.15) is 78.1 Å². The summed E-state index contributed by atoms with van der Waals surface area (Å²) < 4.78 is 6.43. The van der Waals surface area contributed by atoms with E-state index in [0.717, 1.165) is 74.3 Å². The zero-order chi connectivity index (χ0) is 17.9. The molecule has 0 N–H and O–H groups in total. The fourth-order valence-corrected chi connectivity index (χ4v) is 8.48. The highest BCUT2D eigenvalue weighted by molar-refractivity contribution is 5.68. The number of piperidine rings is 1. The van der Waals surface area contributed by atoms with Crippen molar-refractivity contribution in [1.29, 1.82) is 0 Å². The van der Waals surface area contributed by atoms with E-state index in [0.29, 0.717) is 5.92 Å². The number of amides is 1. The minimum absolute atomic E-state index is 0.0133. The van der Waals surface area contributed by atoms with Crippen molar-refractivity contribution in [3.05, 3.63) is 0 Å². The van der Waals surface area contributed by atoms with E-state index in [1.807, 2.05) is 4.90 Å². The van der Waals surface area contributed by atoms with Gasteiger partial charge in [-0.05, 0) is 99.7 Å². The maximum Gasteiger partial charge on any atom is 0.410 e. The normalized spacial score (nSPS) is 43.8. The highest BCUT2D eigenvalue weighted by Crippen LogP contribution is 2.70. The summed E-state index contributed by atoms with van der Waals surface area (Å²) in [4.78, 5) is 14.9. The fourth-order valence-electron chi connectivity index (χ4n) is 8.48. The smallest absolute Gasteiger partial charge is 0.410 e. The van der Waals surface area contributed by atoms with Crippen molar-refractivity contribution in [3.63, 3.8) is 0 Å². The van der Waals surface area contributed by atoms with Gasteiger partial charge in [-0.15, -0.1) is 0 Å². The molecule has 1 heterocycles. The first-order valence-electron chi connectivity index (χ1n) is 11.6. The van der Waals surface area contributed by atoms with E-state index in [2.05, 4.69) is 13.8 Å². The van der Waals surface area contributed by atoms with Crippen LogP contribution >= 0.6 is 0 Å². The number of hydrogen-bond donors (Lipinski definition) is 0. The summed E-state index contributed by atoms with van der Waals surface area (Å²) in [5, 5.41) is 0. The molecule has 7 atom stereocenters. The van der Waals surface area contributed by atoms with Crippen LogP contribution in [0, 0.1) is 41.4 Å². The summed E-state index contributed by atoms with van der Waals surface area (Å²) in [6.45, 7) is 6.32. The Morgan fingerprint density at radius 1 is 0.923 bits per heavy atom. The molecule has 146 valence electrons. The van der Waals surface area contributed by atoms with Crippen molar-refractivity contribution >= 4 is 6.09 Å². The van der Waals surface area contributed by atoms with Gasteiger partial charge < -0.3 is 9.64 Å². The molecule has 1 saturated heterocycles. The molecule has 0 aromatic rings. The molecule has 7 unspecified atom stereocenters. The predicted octanol–water partition coefficient (Wildman–Crippen LogP) is 5.49. The molecule has 0 radical (unpaired) electrons. The first-order valence-corrected chi connectivity index (χ1v) is 11.6. The molecule has 4 aliphatic carbocycles. The molecule has 26 heavy (non-hydrogen) atoms. The van der Waals surface area contributed by atoms with Gasteiger partial charge in [0.15, 0.2) is 0 Å². The van der Waals surface area contributed by atoms with Crippen LogP contribution < -0.4 is 0 Å². The lowest BCUT2D eigenvalue weighted by Crippen LogP contribution is -2.50. The van der Waals surface area contributed by atoms with Gasteiger partial charge in [-0.1, -0.05) is 13.8 Å². The van der Waals surface area contributed by atoms with Gasteiger partial charge in [0.05, 0.1) is 0 Å². The fraction of sp³-hybridized carbons (Fsp3) is 0.957. The zero-order valence-electron chi connectivity index (χ0n) is 16.8. The Morgan fingerprint density at radius 3 is 2.31 bits per heavy atom. The summed E-state index contributed by atoms with van der Waals surface area (Å²) in [6.07, 6.45) is 12.8.